The van der Waals surface area contributed by atoms with Crippen molar-refractivity contribution in [3.8, 4) is 5.75 Å². The van der Waals surface area contributed by atoms with Gasteiger partial charge in [0.15, 0.2) is 5.54 Å². The van der Waals surface area contributed by atoms with Gasteiger partial charge in [0.2, 0.25) is 5.91 Å². The summed E-state index contributed by atoms with van der Waals surface area (Å²) in [5, 5.41) is 8.22. The monoisotopic (exact) mass is 366 g/mol. The molecule has 1 unspecified atom stereocenters. The van der Waals surface area contributed by atoms with Crippen molar-refractivity contribution >= 4 is 18.0 Å². The van der Waals surface area contributed by atoms with Gasteiger partial charge in [0, 0.05) is 19.2 Å². The van der Waals surface area contributed by atoms with Gasteiger partial charge in [-0.05, 0) is 24.6 Å². The maximum atomic E-state index is 12.5. The zero-order chi connectivity index (χ0) is 19.2. The highest BCUT2D eigenvalue weighted by atomic mass is 19.3. The standard InChI is InChI=1S/C17H20F2N4O3/c1-3-14(24)22-13-9-20-10-17(2,23-13)15(25)21-8-11-5-4-6-12(7-11)26-16(18)19/h4-7,9-10,16,23H,3,8H2,1-2H3,(H,21,25)(H,22,24). The van der Waals surface area contributed by atoms with Crippen LogP contribution >= 0.6 is 0 Å². The quantitative estimate of drug-likeness (QED) is 0.684. The van der Waals surface area contributed by atoms with Gasteiger partial charge in [-0.15, -0.1) is 0 Å². The van der Waals surface area contributed by atoms with E-state index in [1.165, 1.54) is 24.5 Å². The molecule has 0 saturated carbocycles. The van der Waals surface area contributed by atoms with Crippen LogP contribution in [0.4, 0.5) is 8.78 Å². The Labute approximate surface area is 149 Å². The third-order valence-electron chi connectivity index (χ3n) is 3.57. The molecule has 1 heterocycles. The van der Waals surface area contributed by atoms with Crippen molar-refractivity contribution in [3.05, 3.63) is 41.8 Å². The summed E-state index contributed by atoms with van der Waals surface area (Å²) in [4.78, 5) is 28.0. The fourth-order valence-electron chi connectivity index (χ4n) is 2.22. The molecule has 0 fully saturated rings. The van der Waals surface area contributed by atoms with E-state index in [0.29, 0.717) is 17.8 Å². The average molecular weight is 366 g/mol. The summed E-state index contributed by atoms with van der Waals surface area (Å²) in [6.45, 7) is 0.516. The van der Waals surface area contributed by atoms with Gasteiger partial charge in [-0.1, -0.05) is 19.1 Å². The first kappa shape index (κ1) is 19.4. The molecule has 1 atom stereocenters. The Hall–Kier alpha value is -2.97. The Morgan fingerprint density at radius 3 is 2.85 bits per heavy atom. The highest BCUT2D eigenvalue weighted by molar-refractivity contribution is 6.03. The van der Waals surface area contributed by atoms with Crippen molar-refractivity contribution < 1.29 is 23.1 Å². The number of halogens is 2. The van der Waals surface area contributed by atoms with Gasteiger partial charge in [-0.25, -0.2) is 0 Å². The topological polar surface area (TPSA) is 91.8 Å². The largest absolute Gasteiger partial charge is 0.435 e. The number of ether oxygens (including phenoxy) is 1. The molecule has 1 aromatic carbocycles. The summed E-state index contributed by atoms with van der Waals surface area (Å²) >= 11 is 0. The lowest BCUT2D eigenvalue weighted by atomic mass is 10.0. The molecule has 2 rings (SSSR count). The molecule has 1 aliphatic rings. The summed E-state index contributed by atoms with van der Waals surface area (Å²) in [7, 11) is 0. The molecular weight excluding hydrogens is 346 g/mol. The minimum absolute atomic E-state index is 0.0165. The Kier molecular flexibility index (Phi) is 6.26. The molecule has 0 bridgehead atoms. The number of hydrogen-bond acceptors (Lipinski definition) is 5. The predicted molar refractivity (Wildman–Crippen MR) is 91.5 cm³/mol. The van der Waals surface area contributed by atoms with Gasteiger partial charge in [-0.2, -0.15) is 8.78 Å². The van der Waals surface area contributed by atoms with Crippen LogP contribution < -0.4 is 20.7 Å². The molecule has 140 valence electrons. The number of carbonyl (C=O) groups is 2. The number of benzene rings is 1. The van der Waals surface area contributed by atoms with E-state index in [-0.39, 0.29) is 18.2 Å². The summed E-state index contributed by atoms with van der Waals surface area (Å²) in [6, 6.07) is 6.06. The van der Waals surface area contributed by atoms with Crippen molar-refractivity contribution in [1.29, 1.82) is 0 Å². The number of rotatable bonds is 7. The van der Waals surface area contributed by atoms with E-state index < -0.39 is 18.1 Å². The van der Waals surface area contributed by atoms with Gasteiger partial charge >= 0.3 is 6.61 Å². The summed E-state index contributed by atoms with van der Waals surface area (Å²) in [5.74, 6) is -0.260. The number of nitrogens with zero attached hydrogens (tertiary/aromatic N) is 1. The summed E-state index contributed by atoms with van der Waals surface area (Å²) < 4.78 is 28.9. The van der Waals surface area contributed by atoms with Crippen LogP contribution in [0.3, 0.4) is 0 Å². The lowest BCUT2D eigenvalue weighted by molar-refractivity contribution is -0.125. The Morgan fingerprint density at radius 1 is 1.38 bits per heavy atom. The Bertz CT molecular complexity index is 736. The smallest absolute Gasteiger partial charge is 0.387 e. The first-order chi connectivity index (χ1) is 12.3. The van der Waals surface area contributed by atoms with Crippen molar-refractivity contribution in [2.75, 3.05) is 0 Å². The lowest BCUT2D eigenvalue weighted by Crippen LogP contribution is -2.58. The predicted octanol–water partition coefficient (Wildman–Crippen LogP) is 1.66. The summed E-state index contributed by atoms with van der Waals surface area (Å²) in [5.41, 5.74) is -0.565. The van der Waals surface area contributed by atoms with Crippen LogP contribution in [0.25, 0.3) is 0 Å². The normalized spacial score (nSPS) is 18.7. The van der Waals surface area contributed by atoms with Gasteiger partial charge in [0.1, 0.15) is 11.6 Å². The van der Waals surface area contributed by atoms with E-state index >= 15 is 0 Å². The second-order valence-electron chi connectivity index (χ2n) is 5.76. The van der Waals surface area contributed by atoms with Gasteiger partial charge in [0.25, 0.3) is 5.91 Å². The van der Waals surface area contributed by atoms with Crippen molar-refractivity contribution in [3.63, 3.8) is 0 Å². The first-order valence-corrected chi connectivity index (χ1v) is 7.97. The van der Waals surface area contributed by atoms with E-state index in [0.717, 1.165) is 0 Å². The second kappa shape index (κ2) is 8.41. The fourth-order valence-corrected chi connectivity index (χ4v) is 2.22. The molecule has 7 nitrogen and oxygen atoms in total. The molecule has 0 aliphatic carbocycles. The number of alkyl halides is 2. The highest BCUT2D eigenvalue weighted by Crippen LogP contribution is 2.16. The third kappa shape index (κ3) is 5.27. The first-order valence-electron chi connectivity index (χ1n) is 7.97. The molecule has 2 amide bonds. The zero-order valence-corrected chi connectivity index (χ0v) is 14.4. The molecule has 0 saturated heterocycles. The van der Waals surface area contributed by atoms with Crippen LogP contribution in [0.5, 0.6) is 5.75 Å². The minimum atomic E-state index is -2.91. The van der Waals surface area contributed by atoms with Crippen LogP contribution in [-0.4, -0.2) is 30.2 Å². The molecule has 26 heavy (non-hydrogen) atoms. The molecule has 0 spiro atoms. The van der Waals surface area contributed by atoms with Crippen molar-refractivity contribution in [2.45, 2.75) is 39.0 Å². The molecule has 9 heteroatoms. The van der Waals surface area contributed by atoms with E-state index in [1.807, 2.05) is 0 Å². The Balaban J connectivity index is 1.96. The number of hydrogen-bond donors (Lipinski definition) is 3. The lowest BCUT2D eigenvalue weighted by Gasteiger charge is -2.30. The molecule has 1 aliphatic heterocycles. The van der Waals surface area contributed by atoms with Gasteiger partial charge in [0.05, 0.1) is 6.20 Å². The maximum absolute atomic E-state index is 12.5. The highest BCUT2D eigenvalue weighted by Gasteiger charge is 2.33. The van der Waals surface area contributed by atoms with Crippen LogP contribution in [-0.2, 0) is 16.1 Å². The van der Waals surface area contributed by atoms with E-state index in [4.69, 9.17) is 0 Å². The van der Waals surface area contributed by atoms with E-state index in [9.17, 15) is 18.4 Å². The fraction of sp³-hybridized carbons (Fsp3) is 0.353. The van der Waals surface area contributed by atoms with Crippen LogP contribution in [0, 0.1) is 0 Å². The molecule has 0 radical (unpaired) electrons. The number of carbonyl (C=O) groups excluding carboxylic acids is 2. The molecular formula is C17H20F2N4O3. The van der Waals surface area contributed by atoms with E-state index in [1.54, 1.807) is 26.0 Å². The number of aliphatic imine (C=N–C) groups is 1. The van der Waals surface area contributed by atoms with Gasteiger partial charge < -0.3 is 20.7 Å². The van der Waals surface area contributed by atoms with Crippen LogP contribution in [0.1, 0.15) is 25.8 Å². The third-order valence-corrected chi connectivity index (χ3v) is 3.57. The number of nitrogens with one attached hydrogen (secondary N) is 3. The van der Waals surface area contributed by atoms with Crippen LogP contribution in [0.15, 0.2) is 41.3 Å². The van der Waals surface area contributed by atoms with Gasteiger partial charge in [-0.3, -0.25) is 14.6 Å². The number of amides is 2. The second-order valence-corrected chi connectivity index (χ2v) is 5.76. The van der Waals surface area contributed by atoms with Crippen molar-refractivity contribution in [1.82, 2.24) is 16.0 Å². The average Bonchev–Trinajstić information content (AvgIpc) is 2.59. The SMILES string of the molecule is CCC(=O)NC1=CN=CC(C)(C(=O)NCc2cccc(OC(F)F)c2)N1. The minimum Gasteiger partial charge on any atom is -0.435 e. The molecule has 0 aromatic heterocycles. The van der Waals surface area contributed by atoms with Crippen LogP contribution in [0.2, 0.25) is 0 Å². The summed E-state index contributed by atoms with van der Waals surface area (Å²) in [6.07, 6.45) is 3.12. The molecule has 1 aromatic rings. The zero-order valence-electron chi connectivity index (χ0n) is 14.4. The van der Waals surface area contributed by atoms with Crippen molar-refractivity contribution in [2.24, 2.45) is 4.99 Å². The molecule has 3 N–H and O–H groups in total. The maximum Gasteiger partial charge on any atom is 0.387 e. The van der Waals surface area contributed by atoms with E-state index in [2.05, 4.69) is 25.7 Å². The Morgan fingerprint density at radius 2 is 2.15 bits per heavy atom.